The van der Waals surface area contributed by atoms with Crippen LogP contribution in [0.1, 0.15) is 210 Å². The second-order valence-corrected chi connectivity index (χ2v) is 24.9. The maximum atomic E-state index is 3.69. The van der Waals surface area contributed by atoms with Crippen molar-refractivity contribution in [2.75, 3.05) is 0 Å². The summed E-state index contributed by atoms with van der Waals surface area (Å²) in [5.74, 6) is 42.0. The van der Waals surface area contributed by atoms with E-state index in [1.165, 1.54) is 138 Å². The molecule has 0 aliphatic heterocycles. The van der Waals surface area contributed by atoms with Crippen LogP contribution in [0.4, 0.5) is 0 Å². The van der Waals surface area contributed by atoms with Crippen LogP contribution in [0.2, 0.25) is 0 Å². The van der Waals surface area contributed by atoms with Crippen LogP contribution in [0.25, 0.3) is 0 Å². The van der Waals surface area contributed by atoms with Gasteiger partial charge in [0.15, 0.2) is 0 Å². The highest BCUT2D eigenvalue weighted by atomic mass is 14.2. The van der Waals surface area contributed by atoms with Gasteiger partial charge in [-0.05, 0) is 281 Å². The predicted molar refractivity (Wildman–Crippen MR) is 391 cm³/mol. The molecule has 0 aliphatic carbocycles. The van der Waals surface area contributed by atoms with Gasteiger partial charge in [-0.2, -0.15) is 0 Å². The van der Waals surface area contributed by atoms with Crippen molar-refractivity contribution in [2.45, 2.75) is 162 Å². The average molecular weight is 1180 g/mol. The Morgan fingerprint density at radius 1 is 0.209 bits per heavy atom. The molecule has 9 aromatic rings. The van der Waals surface area contributed by atoms with E-state index in [1.807, 2.05) is 0 Å². The zero-order valence-corrected chi connectivity index (χ0v) is 56.8. The van der Waals surface area contributed by atoms with Crippen molar-refractivity contribution in [3.63, 3.8) is 0 Å². The van der Waals surface area contributed by atoms with E-state index in [9.17, 15) is 0 Å². The summed E-state index contributed by atoms with van der Waals surface area (Å²) < 4.78 is 0. The first-order valence-corrected chi connectivity index (χ1v) is 33.0. The Morgan fingerprint density at radius 3 is 0.527 bits per heavy atom. The normalized spacial score (nSPS) is 10.5. The monoisotopic (exact) mass is 1180 g/mol. The highest BCUT2D eigenvalue weighted by Gasteiger charge is 2.35. The first-order chi connectivity index (χ1) is 44.0. The van der Waals surface area contributed by atoms with Gasteiger partial charge in [0.2, 0.25) is 6.71 Å². The Hall–Kier alpha value is -9.60. The van der Waals surface area contributed by atoms with Gasteiger partial charge < -0.3 is 0 Å². The highest BCUT2D eigenvalue weighted by Crippen LogP contribution is 2.28. The minimum absolute atomic E-state index is 0.0915. The molecule has 0 nitrogen and oxygen atoms in total. The molecule has 450 valence electrons. The second-order valence-electron chi connectivity index (χ2n) is 24.9. The fourth-order valence-corrected chi connectivity index (χ4v) is 12.5. The van der Waals surface area contributed by atoms with E-state index in [4.69, 9.17) is 0 Å². The van der Waals surface area contributed by atoms with E-state index in [1.54, 1.807) is 0 Å². The van der Waals surface area contributed by atoms with E-state index < -0.39 is 0 Å². The van der Waals surface area contributed by atoms with Gasteiger partial charge in [0.05, 0.1) is 0 Å². The predicted octanol–water partition coefficient (Wildman–Crippen LogP) is 18.3. The van der Waals surface area contributed by atoms with Crippen molar-refractivity contribution in [3.8, 4) is 71.0 Å². The Bertz CT molecular complexity index is 3990. The van der Waals surface area contributed by atoms with Crippen LogP contribution in [0.15, 0.2) is 146 Å². The standard InChI is InChI=1S/C90H87B/c1-16-19-22-73-25-31-76(32-26-73)37-40-79-43-49-82(50-44-79)55-58-85-61(4)67(10)88(68(11)62(85)5)91(89-69(12)63(6)86(64(7)70(89)13)59-56-83-51-45-80(46-52-83)41-38-77-33-27-74(28-34-77)23-20-17-2)90-71(14)65(8)87(66(9)72(90)15)60-57-84-53-47-81(48-54-84)42-39-78-35-29-75(30-36-78)24-21-18-3/h25-36,43-54H,16-24H2,1-15H3. The summed E-state index contributed by atoms with van der Waals surface area (Å²) in [6.45, 7) is 34.1. The minimum atomic E-state index is -0.0915. The zero-order valence-electron chi connectivity index (χ0n) is 56.8. The summed E-state index contributed by atoms with van der Waals surface area (Å²) in [6.07, 6.45) is 10.5. The van der Waals surface area contributed by atoms with E-state index in [0.717, 1.165) is 86.0 Å². The summed E-state index contributed by atoms with van der Waals surface area (Å²) >= 11 is 0. The Morgan fingerprint density at radius 2 is 0.363 bits per heavy atom. The Kier molecular flexibility index (Phi) is 22.2. The molecule has 0 radical (unpaired) electrons. The summed E-state index contributed by atoms with van der Waals surface area (Å²) in [5, 5.41) is 0. The van der Waals surface area contributed by atoms with E-state index in [2.05, 4.69) is 320 Å². The van der Waals surface area contributed by atoms with Crippen LogP contribution >= 0.6 is 0 Å². The number of aryl methyl sites for hydroxylation is 3. The quantitative estimate of drug-likeness (QED) is 0.0845. The number of benzene rings is 9. The second kappa shape index (κ2) is 30.7. The maximum Gasteiger partial charge on any atom is 0.243 e. The highest BCUT2D eigenvalue weighted by molar-refractivity contribution is 6.97. The molecule has 0 saturated carbocycles. The van der Waals surface area contributed by atoms with E-state index >= 15 is 0 Å². The van der Waals surface area contributed by atoms with Gasteiger partial charge in [-0.3, -0.25) is 0 Å². The fourth-order valence-electron chi connectivity index (χ4n) is 12.5. The molecular weight excluding hydrogens is 1090 g/mol. The maximum absolute atomic E-state index is 3.69. The van der Waals surface area contributed by atoms with Crippen LogP contribution in [-0.4, -0.2) is 6.71 Å². The molecule has 0 heterocycles. The van der Waals surface area contributed by atoms with Crippen LogP contribution in [0, 0.1) is 154 Å². The molecule has 0 saturated heterocycles. The molecule has 0 aliphatic rings. The molecule has 0 amide bonds. The van der Waals surface area contributed by atoms with Crippen molar-refractivity contribution in [1.82, 2.24) is 0 Å². The molecule has 0 unspecified atom stereocenters. The van der Waals surface area contributed by atoms with Gasteiger partial charge in [-0.1, -0.05) is 197 Å². The molecule has 0 N–H and O–H groups in total. The van der Waals surface area contributed by atoms with Gasteiger partial charge in [0.25, 0.3) is 0 Å². The number of hydrogen-bond acceptors (Lipinski definition) is 0. The number of hydrogen-bond donors (Lipinski definition) is 0. The van der Waals surface area contributed by atoms with Crippen molar-refractivity contribution in [1.29, 1.82) is 0 Å². The molecule has 9 aromatic carbocycles. The molecule has 0 bridgehead atoms. The Balaban J connectivity index is 1.08. The van der Waals surface area contributed by atoms with E-state index in [-0.39, 0.29) is 6.71 Å². The first-order valence-electron chi connectivity index (χ1n) is 33.0. The van der Waals surface area contributed by atoms with E-state index in [0.29, 0.717) is 0 Å². The first kappa shape index (κ1) is 65.8. The topological polar surface area (TPSA) is 0 Å². The summed E-state index contributed by atoms with van der Waals surface area (Å²) in [6, 6.07) is 51.1. The van der Waals surface area contributed by atoms with Gasteiger partial charge in [0, 0.05) is 66.8 Å². The number of unbranched alkanes of at least 4 members (excludes halogenated alkanes) is 3. The van der Waals surface area contributed by atoms with Crippen LogP contribution in [0.3, 0.4) is 0 Å². The van der Waals surface area contributed by atoms with Gasteiger partial charge >= 0.3 is 0 Å². The van der Waals surface area contributed by atoms with Crippen molar-refractivity contribution >= 4 is 23.1 Å². The summed E-state index contributed by atoms with van der Waals surface area (Å²) in [5.41, 5.74) is 35.1. The van der Waals surface area contributed by atoms with Crippen LogP contribution in [-0.2, 0) is 19.3 Å². The third kappa shape index (κ3) is 15.9. The van der Waals surface area contributed by atoms with Gasteiger partial charge in [-0.15, -0.1) is 0 Å². The molecule has 0 spiro atoms. The lowest BCUT2D eigenvalue weighted by Crippen LogP contribution is -2.58. The Labute approximate surface area is 548 Å². The molecule has 1 heteroatoms. The molecule has 0 atom stereocenters. The SMILES string of the molecule is CCCCc1ccc(C#Cc2ccc(C#Cc3c(C)c(C)c(B(c4c(C)c(C)c(C#Cc5ccc(C#Cc6ccc(CCCC)cc6)cc5)c(C)c4C)c4c(C)c(C)c(C#Cc5ccc(C#Cc6ccc(CCCC)cc6)cc5)c(C)c4C)c(C)c3C)cc2)cc1. The van der Waals surface area contributed by atoms with Gasteiger partial charge in [-0.25, -0.2) is 0 Å². The lowest BCUT2D eigenvalue weighted by Gasteiger charge is -2.31. The zero-order chi connectivity index (χ0) is 64.7. The smallest absolute Gasteiger partial charge is 0.0654 e. The van der Waals surface area contributed by atoms with Gasteiger partial charge in [0.1, 0.15) is 0 Å². The third-order valence-corrected chi connectivity index (χ3v) is 18.9. The number of rotatable bonds is 12. The van der Waals surface area contributed by atoms with Crippen molar-refractivity contribution < 1.29 is 0 Å². The largest absolute Gasteiger partial charge is 0.243 e. The van der Waals surface area contributed by atoms with Crippen molar-refractivity contribution in [3.05, 3.63) is 296 Å². The minimum Gasteiger partial charge on any atom is -0.0654 e. The molecule has 0 fully saturated rings. The lowest BCUT2D eigenvalue weighted by molar-refractivity contribution is 0.795. The fraction of sp³-hybridized carbons (Fsp3) is 0.267. The average Bonchev–Trinajstić information content (AvgIpc) is 0.736. The summed E-state index contributed by atoms with van der Waals surface area (Å²) in [4.78, 5) is 0. The molecule has 0 aromatic heterocycles. The lowest BCUT2D eigenvalue weighted by atomic mass is 9.32. The molecule has 91 heavy (non-hydrogen) atoms. The summed E-state index contributed by atoms with van der Waals surface area (Å²) in [7, 11) is 0. The van der Waals surface area contributed by atoms with Crippen molar-refractivity contribution in [2.24, 2.45) is 0 Å². The van der Waals surface area contributed by atoms with Crippen LogP contribution < -0.4 is 16.4 Å². The third-order valence-electron chi connectivity index (χ3n) is 18.9. The molecular formula is C90H87B. The van der Waals surface area contributed by atoms with Crippen LogP contribution in [0.5, 0.6) is 0 Å². The molecule has 9 rings (SSSR count).